The van der Waals surface area contributed by atoms with Crippen LogP contribution in [0.5, 0.6) is 0 Å². The normalized spacial score (nSPS) is 10.1. The highest BCUT2D eigenvalue weighted by atomic mass is 35.5. The molecule has 2 rings (SSSR count). The van der Waals surface area contributed by atoms with E-state index in [1.165, 1.54) is 0 Å². The van der Waals surface area contributed by atoms with Gasteiger partial charge in [-0.15, -0.1) is 0 Å². The zero-order valence-corrected chi connectivity index (χ0v) is 18.7. The van der Waals surface area contributed by atoms with Crippen LogP contribution in [0.1, 0.15) is 63.8 Å². The highest BCUT2D eigenvalue weighted by Gasteiger charge is 2.13. The summed E-state index contributed by atoms with van der Waals surface area (Å²) in [5.41, 5.74) is 7.19. The van der Waals surface area contributed by atoms with Crippen LogP contribution in [-0.2, 0) is 0 Å². The molecule has 146 valence electrons. The third kappa shape index (κ3) is 7.56. The van der Waals surface area contributed by atoms with E-state index in [4.69, 9.17) is 16.6 Å². The number of rotatable bonds is 5. The predicted octanol–water partition coefficient (Wildman–Crippen LogP) is 8.15. The van der Waals surface area contributed by atoms with Crippen molar-refractivity contribution in [2.24, 2.45) is 4.99 Å². The van der Waals surface area contributed by atoms with Gasteiger partial charge < -0.3 is 0 Å². The van der Waals surface area contributed by atoms with Crippen molar-refractivity contribution in [3.05, 3.63) is 88.5 Å². The van der Waals surface area contributed by atoms with Gasteiger partial charge in [-0.1, -0.05) is 88.4 Å². The first kappa shape index (κ1) is 24.9. The van der Waals surface area contributed by atoms with Crippen LogP contribution >= 0.6 is 11.6 Å². The summed E-state index contributed by atoms with van der Waals surface area (Å²) >= 11 is 6.46. The molecule has 0 spiro atoms. The molecular weight excluding hydrogens is 350 g/mol. The molecule has 0 aliphatic rings. The van der Waals surface area contributed by atoms with Gasteiger partial charge in [-0.05, 0) is 49.6 Å². The van der Waals surface area contributed by atoms with Gasteiger partial charge in [-0.25, -0.2) is 0 Å². The second-order valence-corrected chi connectivity index (χ2v) is 6.32. The second-order valence-electron chi connectivity index (χ2n) is 5.92. The van der Waals surface area contributed by atoms with Crippen molar-refractivity contribution in [1.82, 2.24) is 0 Å². The standard InChI is InChI=1S/C21H22ClN.2C2H6/c1-14(2)13-23-21(17-9-7-6-8-10-17)19-12-20(22)18(15(3)4)11-16(19)5;2*1-2/h6-12H,1,3,13H2,2,4-5H3;2*1-2H3. The van der Waals surface area contributed by atoms with Crippen molar-refractivity contribution in [3.8, 4) is 0 Å². The van der Waals surface area contributed by atoms with Crippen LogP contribution in [0.2, 0.25) is 5.02 Å². The highest BCUT2D eigenvalue weighted by molar-refractivity contribution is 6.33. The van der Waals surface area contributed by atoms with Gasteiger partial charge in [0.1, 0.15) is 0 Å². The van der Waals surface area contributed by atoms with Gasteiger partial charge in [0.2, 0.25) is 0 Å². The topological polar surface area (TPSA) is 12.4 Å². The third-order valence-electron chi connectivity index (χ3n) is 3.58. The average molecular weight is 384 g/mol. The Morgan fingerprint density at radius 2 is 1.48 bits per heavy atom. The van der Waals surface area contributed by atoms with Crippen molar-refractivity contribution < 1.29 is 0 Å². The molecule has 0 heterocycles. The van der Waals surface area contributed by atoms with E-state index in [-0.39, 0.29) is 0 Å². The van der Waals surface area contributed by atoms with E-state index in [0.29, 0.717) is 11.6 Å². The van der Waals surface area contributed by atoms with E-state index in [9.17, 15) is 0 Å². The fourth-order valence-electron chi connectivity index (χ4n) is 2.41. The van der Waals surface area contributed by atoms with Gasteiger partial charge in [-0.2, -0.15) is 0 Å². The summed E-state index contributed by atoms with van der Waals surface area (Å²) in [7, 11) is 0. The van der Waals surface area contributed by atoms with Crippen LogP contribution in [-0.4, -0.2) is 12.3 Å². The number of nitrogens with zero attached hydrogens (tertiary/aromatic N) is 1. The maximum Gasteiger partial charge on any atom is 0.0726 e. The SMILES string of the molecule is C=C(C)CN=C(c1ccccc1)c1cc(Cl)c(C(=C)C)cc1C.CC.CC. The Morgan fingerprint density at radius 3 is 1.96 bits per heavy atom. The molecule has 0 fully saturated rings. The third-order valence-corrected chi connectivity index (χ3v) is 3.90. The largest absolute Gasteiger partial charge is 0.280 e. The van der Waals surface area contributed by atoms with Crippen molar-refractivity contribution in [1.29, 1.82) is 0 Å². The predicted molar refractivity (Wildman–Crippen MR) is 125 cm³/mol. The molecule has 0 saturated carbocycles. The quantitative estimate of drug-likeness (QED) is 0.364. The Hall–Kier alpha value is -2.12. The van der Waals surface area contributed by atoms with Crippen LogP contribution in [0.15, 0.2) is 66.2 Å². The summed E-state index contributed by atoms with van der Waals surface area (Å²) in [6.07, 6.45) is 0. The van der Waals surface area contributed by atoms with E-state index >= 15 is 0 Å². The number of aryl methyl sites for hydroxylation is 1. The minimum Gasteiger partial charge on any atom is -0.280 e. The molecule has 2 heteroatoms. The van der Waals surface area contributed by atoms with Gasteiger partial charge in [0.15, 0.2) is 0 Å². The van der Waals surface area contributed by atoms with E-state index in [2.05, 4.69) is 38.3 Å². The fourth-order valence-corrected chi connectivity index (χ4v) is 2.73. The zero-order chi connectivity index (χ0) is 21.0. The lowest BCUT2D eigenvalue weighted by molar-refractivity contribution is 1.14. The van der Waals surface area contributed by atoms with Gasteiger partial charge in [0.05, 0.1) is 12.3 Å². The molecule has 0 amide bonds. The van der Waals surface area contributed by atoms with Gasteiger partial charge in [0.25, 0.3) is 0 Å². The maximum atomic E-state index is 6.46. The second kappa shape index (κ2) is 13.1. The van der Waals surface area contributed by atoms with Crippen molar-refractivity contribution >= 4 is 22.9 Å². The molecule has 0 aliphatic heterocycles. The lowest BCUT2D eigenvalue weighted by Crippen LogP contribution is -2.08. The molecular formula is C25H34ClN. The summed E-state index contributed by atoms with van der Waals surface area (Å²) in [5.74, 6) is 0. The van der Waals surface area contributed by atoms with Crippen LogP contribution in [0, 0.1) is 6.92 Å². The summed E-state index contributed by atoms with van der Waals surface area (Å²) in [4.78, 5) is 4.78. The number of hydrogen-bond donors (Lipinski definition) is 0. The molecule has 0 aromatic heterocycles. The Balaban J connectivity index is 0.00000158. The molecule has 0 bridgehead atoms. The van der Waals surface area contributed by atoms with E-state index in [1.807, 2.05) is 65.8 Å². The first-order valence-electron chi connectivity index (χ1n) is 9.60. The van der Waals surface area contributed by atoms with Crippen molar-refractivity contribution in [2.75, 3.05) is 6.54 Å². The van der Waals surface area contributed by atoms with Gasteiger partial charge in [-0.3, -0.25) is 4.99 Å². The highest BCUT2D eigenvalue weighted by Crippen LogP contribution is 2.28. The smallest absolute Gasteiger partial charge is 0.0726 e. The maximum absolute atomic E-state index is 6.46. The molecule has 0 atom stereocenters. The van der Waals surface area contributed by atoms with Gasteiger partial charge in [0, 0.05) is 16.1 Å². The molecule has 0 N–H and O–H groups in total. The van der Waals surface area contributed by atoms with Gasteiger partial charge >= 0.3 is 0 Å². The Labute approximate surface area is 171 Å². The number of allylic oxidation sites excluding steroid dienone is 1. The zero-order valence-electron chi connectivity index (χ0n) is 18.0. The summed E-state index contributed by atoms with van der Waals surface area (Å²) < 4.78 is 0. The molecule has 0 saturated heterocycles. The average Bonchev–Trinajstić information content (AvgIpc) is 2.68. The van der Waals surface area contributed by atoms with Crippen LogP contribution < -0.4 is 0 Å². The first-order valence-corrected chi connectivity index (χ1v) is 9.98. The number of hydrogen-bond acceptors (Lipinski definition) is 1. The summed E-state index contributed by atoms with van der Waals surface area (Å²) in [6.45, 7) is 22.6. The van der Waals surface area contributed by atoms with Crippen molar-refractivity contribution in [3.63, 3.8) is 0 Å². The minimum absolute atomic E-state index is 0.601. The molecule has 2 aromatic rings. The van der Waals surface area contributed by atoms with Crippen LogP contribution in [0.3, 0.4) is 0 Å². The minimum atomic E-state index is 0.601. The monoisotopic (exact) mass is 383 g/mol. The lowest BCUT2D eigenvalue weighted by Gasteiger charge is -2.14. The lowest BCUT2D eigenvalue weighted by atomic mass is 9.95. The van der Waals surface area contributed by atoms with Crippen LogP contribution in [0.4, 0.5) is 0 Å². The van der Waals surface area contributed by atoms with E-state index < -0.39 is 0 Å². The molecule has 1 nitrogen and oxygen atoms in total. The summed E-state index contributed by atoms with van der Waals surface area (Å²) in [5, 5.41) is 0.706. The number of benzene rings is 2. The summed E-state index contributed by atoms with van der Waals surface area (Å²) in [6, 6.07) is 14.2. The first-order chi connectivity index (χ1) is 12.9. The molecule has 0 aliphatic carbocycles. The van der Waals surface area contributed by atoms with E-state index in [0.717, 1.165) is 39.1 Å². The van der Waals surface area contributed by atoms with Crippen molar-refractivity contribution in [2.45, 2.75) is 48.5 Å². The molecule has 0 unspecified atom stereocenters. The number of aliphatic imine (C=N–C) groups is 1. The molecule has 0 radical (unpaired) electrons. The fraction of sp³-hybridized carbons (Fsp3) is 0.320. The Bertz CT molecular complexity index is 770. The van der Waals surface area contributed by atoms with Crippen LogP contribution in [0.25, 0.3) is 5.57 Å². The molecule has 27 heavy (non-hydrogen) atoms. The van der Waals surface area contributed by atoms with E-state index in [1.54, 1.807) is 0 Å². The number of halogens is 1. The Kier molecular flexibility index (Phi) is 12.1. The Morgan fingerprint density at radius 1 is 0.926 bits per heavy atom. The molecule has 2 aromatic carbocycles.